The molecule has 0 bridgehead atoms. The highest BCUT2D eigenvalue weighted by molar-refractivity contribution is 7.99. The van der Waals surface area contributed by atoms with Gasteiger partial charge in [-0.2, -0.15) is 13.2 Å². The number of aromatic nitrogens is 3. The Morgan fingerprint density at radius 2 is 1.79 bits per heavy atom. The van der Waals surface area contributed by atoms with E-state index in [1.54, 1.807) is 22.8 Å². The Labute approximate surface area is 207 Å². The fraction of sp³-hybridized carbons (Fsp3) is 0.238. The lowest BCUT2D eigenvalue weighted by atomic mass is 10.2. The summed E-state index contributed by atoms with van der Waals surface area (Å²) < 4.78 is 40.2. The lowest BCUT2D eigenvalue weighted by Crippen LogP contribution is -2.18. The molecule has 0 saturated carbocycles. The molecule has 0 aliphatic carbocycles. The van der Waals surface area contributed by atoms with E-state index in [4.69, 9.17) is 23.2 Å². The molecule has 180 valence electrons. The van der Waals surface area contributed by atoms with Crippen molar-refractivity contribution in [1.82, 2.24) is 14.8 Å². The van der Waals surface area contributed by atoms with Gasteiger partial charge in [0.2, 0.25) is 11.8 Å². The summed E-state index contributed by atoms with van der Waals surface area (Å²) in [5, 5.41) is 14.1. The van der Waals surface area contributed by atoms with E-state index in [0.29, 0.717) is 28.2 Å². The molecule has 1 aromatic heterocycles. The predicted octanol–water partition coefficient (Wildman–Crippen LogP) is 5.54. The maximum absolute atomic E-state index is 12.9. The Morgan fingerprint density at radius 3 is 2.50 bits per heavy atom. The number of thioether (sulfide) groups is 1. The van der Waals surface area contributed by atoms with Gasteiger partial charge in [0.1, 0.15) is 5.82 Å². The SMILES string of the molecule is CCn1c(CC(=O)Nc2cccc(C(F)(F)F)c2)nnc1SCC(=O)Nc1cccc(Cl)c1Cl. The number of amides is 2. The van der Waals surface area contributed by atoms with Gasteiger partial charge in [-0.15, -0.1) is 10.2 Å². The number of nitrogens with zero attached hydrogens (tertiary/aromatic N) is 3. The molecule has 0 fully saturated rings. The average Bonchev–Trinajstić information content (AvgIpc) is 3.16. The van der Waals surface area contributed by atoms with Crippen LogP contribution in [0.2, 0.25) is 10.0 Å². The van der Waals surface area contributed by atoms with E-state index < -0.39 is 17.6 Å². The largest absolute Gasteiger partial charge is 0.416 e. The Balaban J connectivity index is 1.61. The van der Waals surface area contributed by atoms with Crippen LogP contribution < -0.4 is 10.6 Å². The minimum atomic E-state index is -4.51. The first-order chi connectivity index (χ1) is 16.1. The number of rotatable bonds is 8. The Bertz CT molecular complexity index is 1200. The number of alkyl halides is 3. The molecule has 0 spiro atoms. The summed E-state index contributed by atoms with van der Waals surface area (Å²) in [6, 6.07) is 9.22. The van der Waals surface area contributed by atoms with Crippen LogP contribution in [-0.4, -0.2) is 32.3 Å². The van der Waals surface area contributed by atoms with Gasteiger partial charge in [-0.1, -0.05) is 47.1 Å². The number of carbonyl (C=O) groups excluding carboxylic acids is 2. The van der Waals surface area contributed by atoms with Crippen molar-refractivity contribution in [2.24, 2.45) is 0 Å². The highest BCUT2D eigenvalue weighted by Crippen LogP contribution is 2.31. The third kappa shape index (κ3) is 6.64. The molecule has 2 N–H and O–H groups in total. The highest BCUT2D eigenvalue weighted by atomic mass is 35.5. The quantitative estimate of drug-likeness (QED) is 0.372. The fourth-order valence-corrected chi connectivity index (χ4v) is 4.08. The number of benzene rings is 2. The van der Waals surface area contributed by atoms with Gasteiger partial charge in [0, 0.05) is 12.2 Å². The van der Waals surface area contributed by atoms with E-state index in [-0.39, 0.29) is 28.8 Å². The summed E-state index contributed by atoms with van der Waals surface area (Å²) in [4.78, 5) is 24.7. The Morgan fingerprint density at radius 1 is 1.06 bits per heavy atom. The topological polar surface area (TPSA) is 88.9 Å². The number of hydrogen-bond donors (Lipinski definition) is 2. The number of carbonyl (C=O) groups is 2. The van der Waals surface area contributed by atoms with Crippen LogP contribution in [0.3, 0.4) is 0 Å². The van der Waals surface area contributed by atoms with Crippen LogP contribution >= 0.6 is 35.0 Å². The van der Waals surface area contributed by atoms with Crippen molar-refractivity contribution >= 4 is 58.2 Å². The first-order valence-corrected chi connectivity index (χ1v) is 11.6. The van der Waals surface area contributed by atoms with Gasteiger partial charge in [-0.05, 0) is 37.3 Å². The van der Waals surface area contributed by atoms with E-state index in [2.05, 4.69) is 20.8 Å². The minimum Gasteiger partial charge on any atom is -0.326 e. The van der Waals surface area contributed by atoms with Gasteiger partial charge in [-0.3, -0.25) is 9.59 Å². The Kier molecular flexibility index (Phi) is 8.45. The van der Waals surface area contributed by atoms with Gasteiger partial charge in [0.15, 0.2) is 5.16 Å². The van der Waals surface area contributed by atoms with Crippen LogP contribution in [-0.2, 0) is 28.7 Å². The number of hydrogen-bond acceptors (Lipinski definition) is 5. The van der Waals surface area contributed by atoms with Crippen molar-refractivity contribution in [3.63, 3.8) is 0 Å². The molecule has 3 aromatic rings. The van der Waals surface area contributed by atoms with Gasteiger partial charge >= 0.3 is 6.18 Å². The fourth-order valence-electron chi connectivity index (χ4n) is 2.91. The molecule has 0 unspecified atom stereocenters. The second-order valence-electron chi connectivity index (χ2n) is 6.88. The molecule has 0 radical (unpaired) electrons. The van der Waals surface area contributed by atoms with Crippen molar-refractivity contribution in [3.8, 4) is 0 Å². The van der Waals surface area contributed by atoms with Crippen molar-refractivity contribution < 1.29 is 22.8 Å². The zero-order chi connectivity index (χ0) is 24.9. The van der Waals surface area contributed by atoms with Crippen molar-refractivity contribution in [3.05, 3.63) is 63.9 Å². The zero-order valence-corrected chi connectivity index (χ0v) is 19.9. The van der Waals surface area contributed by atoms with Crippen LogP contribution in [0.25, 0.3) is 0 Å². The van der Waals surface area contributed by atoms with E-state index in [1.807, 2.05) is 6.92 Å². The summed E-state index contributed by atoms with van der Waals surface area (Å²) in [6.45, 7) is 2.23. The molecular formula is C21H18Cl2F3N5O2S. The highest BCUT2D eigenvalue weighted by Gasteiger charge is 2.30. The maximum atomic E-state index is 12.9. The van der Waals surface area contributed by atoms with Crippen LogP contribution in [0, 0.1) is 0 Å². The lowest BCUT2D eigenvalue weighted by molar-refractivity contribution is -0.137. The second-order valence-corrected chi connectivity index (χ2v) is 8.61. The van der Waals surface area contributed by atoms with Gasteiger partial charge in [0.05, 0.1) is 33.5 Å². The van der Waals surface area contributed by atoms with E-state index in [0.717, 1.165) is 23.9 Å². The van der Waals surface area contributed by atoms with Gasteiger partial charge in [-0.25, -0.2) is 0 Å². The molecule has 7 nitrogen and oxygen atoms in total. The maximum Gasteiger partial charge on any atom is 0.416 e. The molecule has 2 aromatic carbocycles. The first kappa shape index (κ1) is 25.9. The molecule has 3 rings (SSSR count). The molecule has 2 amide bonds. The molecule has 1 heterocycles. The van der Waals surface area contributed by atoms with Crippen LogP contribution in [0.4, 0.5) is 24.5 Å². The summed E-state index contributed by atoms with van der Waals surface area (Å²) in [7, 11) is 0. The van der Waals surface area contributed by atoms with Crippen molar-refractivity contribution in [2.75, 3.05) is 16.4 Å². The summed E-state index contributed by atoms with van der Waals surface area (Å²) in [5.41, 5.74) is -0.463. The third-order valence-corrected chi connectivity index (χ3v) is 6.25. The van der Waals surface area contributed by atoms with Gasteiger partial charge < -0.3 is 15.2 Å². The van der Waals surface area contributed by atoms with E-state index in [9.17, 15) is 22.8 Å². The Hall–Kier alpha value is -2.76. The monoisotopic (exact) mass is 531 g/mol. The predicted molar refractivity (Wildman–Crippen MR) is 125 cm³/mol. The van der Waals surface area contributed by atoms with Crippen molar-refractivity contribution in [1.29, 1.82) is 0 Å². The summed E-state index contributed by atoms with van der Waals surface area (Å²) in [6.07, 6.45) is -4.72. The molecule has 0 atom stereocenters. The molecular weight excluding hydrogens is 514 g/mol. The molecule has 0 saturated heterocycles. The number of anilines is 2. The molecule has 13 heteroatoms. The van der Waals surface area contributed by atoms with E-state index in [1.165, 1.54) is 12.1 Å². The van der Waals surface area contributed by atoms with Crippen LogP contribution in [0.5, 0.6) is 0 Å². The second kappa shape index (κ2) is 11.1. The normalized spacial score (nSPS) is 11.4. The van der Waals surface area contributed by atoms with E-state index >= 15 is 0 Å². The molecule has 0 aliphatic rings. The number of nitrogens with one attached hydrogen (secondary N) is 2. The van der Waals surface area contributed by atoms with Gasteiger partial charge in [0.25, 0.3) is 0 Å². The first-order valence-electron chi connectivity index (χ1n) is 9.84. The summed E-state index contributed by atoms with van der Waals surface area (Å²) in [5.74, 6) is -0.583. The molecule has 34 heavy (non-hydrogen) atoms. The number of halogens is 5. The smallest absolute Gasteiger partial charge is 0.326 e. The molecule has 0 aliphatic heterocycles. The zero-order valence-electron chi connectivity index (χ0n) is 17.6. The van der Waals surface area contributed by atoms with Crippen LogP contribution in [0.15, 0.2) is 47.6 Å². The standard InChI is InChI=1S/C21H18Cl2F3N5O2S/c1-2-31-16(10-17(32)27-13-6-3-5-12(9-13)21(24,25)26)29-30-20(31)34-11-18(33)28-15-8-4-7-14(22)19(15)23/h3-9H,2,10-11H2,1H3,(H,27,32)(H,28,33). The minimum absolute atomic E-state index is 0.00257. The summed E-state index contributed by atoms with van der Waals surface area (Å²) >= 11 is 13.1. The van der Waals surface area contributed by atoms with Crippen molar-refractivity contribution in [2.45, 2.75) is 31.2 Å². The van der Waals surface area contributed by atoms with Crippen LogP contribution in [0.1, 0.15) is 18.3 Å². The average molecular weight is 532 g/mol. The lowest BCUT2D eigenvalue weighted by Gasteiger charge is -2.11. The third-order valence-electron chi connectivity index (χ3n) is 4.46.